The van der Waals surface area contributed by atoms with Crippen molar-refractivity contribution < 1.29 is 5.21 Å². The predicted molar refractivity (Wildman–Crippen MR) is 43.6 cm³/mol. The summed E-state index contributed by atoms with van der Waals surface area (Å²) in [6.07, 6.45) is 2.18. The molecule has 11 heavy (non-hydrogen) atoms. The first kappa shape index (κ1) is 8.33. The molecule has 3 N–H and O–H groups in total. The van der Waals surface area contributed by atoms with E-state index in [-0.39, 0.29) is 5.92 Å². The molecule has 0 radical (unpaired) electrons. The second-order valence-corrected chi connectivity index (χ2v) is 3.13. The fraction of sp³-hybridized carbons (Fsp3) is 0.857. The van der Waals surface area contributed by atoms with Gasteiger partial charge in [-0.25, -0.2) is 0 Å². The van der Waals surface area contributed by atoms with Crippen molar-refractivity contribution in [2.45, 2.75) is 12.8 Å². The van der Waals surface area contributed by atoms with Crippen LogP contribution in [-0.2, 0) is 0 Å². The normalized spacial score (nSPS) is 28.8. The van der Waals surface area contributed by atoms with Gasteiger partial charge in [-0.05, 0) is 26.4 Å². The average Bonchev–Trinajstić information content (AvgIpc) is 2.03. The minimum atomic E-state index is 0.249. The highest BCUT2D eigenvalue weighted by Crippen LogP contribution is 2.14. The van der Waals surface area contributed by atoms with Crippen LogP contribution in [0.3, 0.4) is 0 Å². The van der Waals surface area contributed by atoms with Gasteiger partial charge in [-0.3, -0.25) is 0 Å². The molecular weight excluding hydrogens is 142 g/mol. The zero-order valence-electron chi connectivity index (χ0n) is 6.82. The highest BCUT2D eigenvalue weighted by Gasteiger charge is 2.20. The molecule has 0 spiro atoms. The van der Waals surface area contributed by atoms with Gasteiger partial charge in [-0.2, -0.15) is 0 Å². The molecule has 1 heterocycles. The van der Waals surface area contributed by atoms with E-state index >= 15 is 0 Å². The Labute approximate surface area is 66.7 Å². The zero-order chi connectivity index (χ0) is 8.27. The molecule has 1 atom stereocenters. The first-order valence-corrected chi connectivity index (χ1v) is 3.90. The summed E-state index contributed by atoms with van der Waals surface area (Å²) in [6, 6.07) is 0. The van der Waals surface area contributed by atoms with E-state index in [9.17, 15) is 0 Å². The molecule has 0 bridgehead atoms. The highest BCUT2D eigenvalue weighted by molar-refractivity contribution is 5.82. The van der Waals surface area contributed by atoms with Gasteiger partial charge < -0.3 is 15.8 Å². The van der Waals surface area contributed by atoms with E-state index < -0.39 is 0 Å². The number of piperidine rings is 1. The molecule has 0 aromatic heterocycles. The minimum absolute atomic E-state index is 0.249. The Morgan fingerprint density at radius 3 is 3.00 bits per heavy atom. The molecule has 4 nitrogen and oxygen atoms in total. The van der Waals surface area contributed by atoms with E-state index in [1.807, 2.05) is 0 Å². The Hall–Kier alpha value is -0.770. The van der Waals surface area contributed by atoms with Crippen molar-refractivity contribution in [3.63, 3.8) is 0 Å². The van der Waals surface area contributed by atoms with Gasteiger partial charge in [-0.1, -0.05) is 5.16 Å². The number of nitrogens with zero attached hydrogens (tertiary/aromatic N) is 2. The Bertz CT molecular complexity index is 158. The van der Waals surface area contributed by atoms with Crippen molar-refractivity contribution in [2.75, 3.05) is 20.1 Å². The van der Waals surface area contributed by atoms with Crippen LogP contribution in [0.5, 0.6) is 0 Å². The van der Waals surface area contributed by atoms with Gasteiger partial charge in [0.25, 0.3) is 0 Å². The molecule has 1 aliphatic heterocycles. The maximum Gasteiger partial charge on any atom is 0.143 e. The maximum atomic E-state index is 8.42. The monoisotopic (exact) mass is 157 g/mol. The summed E-state index contributed by atoms with van der Waals surface area (Å²) < 4.78 is 0. The van der Waals surface area contributed by atoms with Crippen LogP contribution in [0.25, 0.3) is 0 Å². The molecule has 0 aromatic carbocycles. The summed E-state index contributed by atoms with van der Waals surface area (Å²) >= 11 is 0. The number of amidine groups is 1. The number of hydrogen-bond donors (Lipinski definition) is 2. The van der Waals surface area contributed by atoms with Gasteiger partial charge in [0.2, 0.25) is 0 Å². The molecule has 1 unspecified atom stereocenters. The summed E-state index contributed by atoms with van der Waals surface area (Å²) in [4.78, 5) is 2.20. The third-order valence-corrected chi connectivity index (χ3v) is 2.16. The average molecular weight is 157 g/mol. The van der Waals surface area contributed by atoms with E-state index in [4.69, 9.17) is 10.9 Å². The standard InChI is InChI=1S/C7H15N3O/c1-10-4-2-3-6(5-10)7(8)9-11/h6,11H,2-5H2,1H3,(H2,8,9). The molecule has 1 aliphatic rings. The molecule has 0 saturated carbocycles. The molecular formula is C7H15N3O. The van der Waals surface area contributed by atoms with Gasteiger partial charge in [-0.15, -0.1) is 0 Å². The number of hydrogen-bond acceptors (Lipinski definition) is 3. The quantitative estimate of drug-likeness (QED) is 0.245. The molecule has 0 amide bonds. The van der Waals surface area contributed by atoms with Gasteiger partial charge >= 0.3 is 0 Å². The maximum absolute atomic E-state index is 8.42. The van der Waals surface area contributed by atoms with Crippen molar-refractivity contribution >= 4 is 5.84 Å². The lowest BCUT2D eigenvalue weighted by atomic mass is 9.98. The Kier molecular flexibility index (Phi) is 2.70. The molecule has 1 rings (SSSR count). The Balaban J connectivity index is 2.46. The number of oxime groups is 1. The van der Waals surface area contributed by atoms with Crippen LogP contribution < -0.4 is 5.73 Å². The van der Waals surface area contributed by atoms with Crippen LogP contribution in [0.15, 0.2) is 5.16 Å². The lowest BCUT2D eigenvalue weighted by Crippen LogP contribution is -2.39. The van der Waals surface area contributed by atoms with Crippen molar-refractivity contribution in [2.24, 2.45) is 16.8 Å². The van der Waals surface area contributed by atoms with Crippen LogP contribution in [0.2, 0.25) is 0 Å². The second kappa shape index (κ2) is 3.57. The van der Waals surface area contributed by atoms with Crippen LogP contribution >= 0.6 is 0 Å². The van der Waals surface area contributed by atoms with Crippen LogP contribution in [0.4, 0.5) is 0 Å². The van der Waals surface area contributed by atoms with Crippen LogP contribution in [0, 0.1) is 5.92 Å². The zero-order valence-corrected chi connectivity index (χ0v) is 6.82. The second-order valence-electron chi connectivity index (χ2n) is 3.13. The number of rotatable bonds is 1. The van der Waals surface area contributed by atoms with Gasteiger partial charge in [0, 0.05) is 12.5 Å². The van der Waals surface area contributed by atoms with Crippen molar-refractivity contribution in [3.8, 4) is 0 Å². The Morgan fingerprint density at radius 1 is 1.73 bits per heavy atom. The molecule has 64 valence electrons. The highest BCUT2D eigenvalue weighted by atomic mass is 16.4. The van der Waals surface area contributed by atoms with Crippen LogP contribution in [-0.4, -0.2) is 36.1 Å². The molecule has 1 saturated heterocycles. The molecule has 1 fully saturated rings. The summed E-state index contributed by atoms with van der Waals surface area (Å²) in [5, 5.41) is 11.4. The van der Waals surface area contributed by atoms with E-state index in [1.54, 1.807) is 0 Å². The SMILES string of the molecule is CN1CCCC(/C(N)=N/O)C1. The fourth-order valence-corrected chi connectivity index (χ4v) is 1.49. The predicted octanol–water partition coefficient (Wildman–Crippen LogP) is 0.0746. The van der Waals surface area contributed by atoms with Crippen molar-refractivity contribution in [3.05, 3.63) is 0 Å². The number of nitrogens with two attached hydrogens (primary N) is 1. The first-order valence-electron chi connectivity index (χ1n) is 3.90. The van der Waals surface area contributed by atoms with Gasteiger partial charge in [0.15, 0.2) is 0 Å². The fourth-order valence-electron chi connectivity index (χ4n) is 1.49. The third kappa shape index (κ3) is 2.08. The topological polar surface area (TPSA) is 61.8 Å². The van der Waals surface area contributed by atoms with E-state index in [0.717, 1.165) is 25.9 Å². The smallest absolute Gasteiger partial charge is 0.143 e. The molecule has 0 aromatic rings. The molecule has 4 heteroatoms. The van der Waals surface area contributed by atoms with E-state index in [2.05, 4.69) is 17.1 Å². The van der Waals surface area contributed by atoms with Gasteiger partial charge in [0.1, 0.15) is 5.84 Å². The minimum Gasteiger partial charge on any atom is -0.409 e. The number of likely N-dealkylation sites (tertiary alicyclic amines) is 1. The lowest BCUT2D eigenvalue weighted by Gasteiger charge is -2.28. The molecule has 0 aliphatic carbocycles. The van der Waals surface area contributed by atoms with Crippen molar-refractivity contribution in [1.82, 2.24) is 4.90 Å². The Morgan fingerprint density at radius 2 is 2.45 bits per heavy atom. The summed E-state index contributed by atoms with van der Waals surface area (Å²) in [6.45, 7) is 2.03. The first-order chi connectivity index (χ1) is 5.24. The van der Waals surface area contributed by atoms with Crippen LogP contribution in [0.1, 0.15) is 12.8 Å². The van der Waals surface area contributed by atoms with Crippen molar-refractivity contribution in [1.29, 1.82) is 0 Å². The van der Waals surface area contributed by atoms with E-state index in [1.165, 1.54) is 0 Å². The summed E-state index contributed by atoms with van der Waals surface area (Å²) in [7, 11) is 2.05. The summed E-state index contributed by atoms with van der Waals surface area (Å²) in [5.41, 5.74) is 5.48. The van der Waals surface area contributed by atoms with Gasteiger partial charge in [0.05, 0.1) is 0 Å². The summed E-state index contributed by atoms with van der Waals surface area (Å²) in [5.74, 6) is 0.621. The third-order valence-electron chi connectivity index (χ3n) is 2.16. The lowest BCUT2D eigenvalue weighted by molar-refractivity contribution is 0.239. The van der Waals surface area contributed by atoms with E-state index in [0.29, 0.717) is 5.84 Å². The largest absolute Gasteiger partial charge is 0.409 e.